The van der Waals surface area contributed by atoms with Crippen LogP contribution >= 0.6 is 22.9 Å². The van der Waals surface area contributed by atoms with Crippen molar-refractivity contribution in [3.8, 4) is 0 Å². The van der Waals surface area contributed by atoms with Crippen LogP contribution in [0.1, 0.15) is 24.1 Å². The number of carboxylic acid groups (broad SMARTS) is 1. The average Bonchev–Trinajstić information content (AvgIpc) is 3.09. The van der Waals surface area contributed by atoms with Crippen LogP contribution in [-0.4, -0.2) is 34.6 Å². The van der Waals surface area contributed by atoms with Gasteiger partial charge < -0.3 is 15.3 Å². The smallest absolute Gasteiger partial charge is 0.317 e. The van der Waals surface area contributed by atoms with Gasteiger partial charge in [-0.05, 0) is 25.0 Å². The van der Waals surface area contributed by atoms with Crippen LogP contribution in [0.4, 0.5) is 4.79 Å². The molecule has 1 aromatic rings. The van der Waals surface area contributed by atoms with Crippen molar-refractivity contribution in [2.45, 2.75) is 31.8 Å². The van der Waals surface area contributed by atoms with Crippen LogP contribution in [0.3, 0.4) is 0 Å². The summed E-state index contributed by atoms with van der Waals surface area (Å²) in [5.74, 6) is -0.886. The Morgan fingerprint density at radius 2 is 2.21 bits per heavy atom. The van der Waals surface area contributed by atoms with E-state index in [1.165, 1.54) is 11.3 Å². The zero-order valence-electron chi connectivity index (χ0n) is 10.3. The number of nitrogens with zero attached hydrogens (tertiary/aromatic N) is 1. The summed E-state index contributed by atoms with van der Waals surface area (Å²) in [5, 5.41) is 11.5. The molecule has 7 heteroatoms. The number of aliphatic carboxylic acids is 1. The molecule has 2 amide bonds. The average molecular weight is 303 g/mol. The first-order valence-electron chi connectivity index (χ1n) is 6.06. The molecule has 0 radical (unpaired) electrons. The number of hydrogen-bond donors (Lipinski definition) is 2. The summed E-state index contributed by atoms with van der Waals surface area (Å²) in [7, 11) is 0. The third kappa shape index (κ3) is 4.40. The number of nitrogens with one attached hydrogen (secondary N) is 1. The van der Waals surface area contributed by atoms with E-state index >= 15 is 0 Å². The number of urea groups is 1. The third-order valence-electron chi connectivity index (χ3n) is 2.86. The first kappa shape index (κ1) is 14.1. The van der Waals surface area contributed by atoms with Gasteiger partial charge in [-0.1, -0.05) is 11.6 Å². The highest BCUT2D eigenvalue weighted by molar-refractivity contribution is 7.16. The van der Waals surface area contributed by atoms with Crippen LogP contribution in [0.5, 0.6) is 0 Å². The van der Waals surface area contributed by atoms with Crippen molar-refractivity contribution in [2.75, 3.05) is 6.54 Å². The van der Waals surface area contributed by atoms with E-state index < -0.39 is 5.97 Å². The molecule has 0 aromatic carbocycles. The second kappa shape index (κ2) is 6.25. The first-order chi connectivity index (χ1) is 9.06. The number of carboxylic acids is 1. The standard InChI is InChI=1S/C12H15ClN2O3S/c13-10-4-3-9(19-10)7-14-12(18)15(8-1-2-8)6-5-11(16)17/h3-4,8H,1-2,5-7H2,(H,14,18)(H,16,17). The second-order valence-electron chi connectivity index (χ2n) is 4.43. The zero-order chi connectivity index (χ0) is 13.8. The van der Waals surface area contributed by atoms with E-state index in [9.17, 15) is 9.59 Å². The Kier molecular flexibility index (Phi) is 4.66. The number of hydrogen-bond acceptors (Lipinski definition) is 3. The van der Waals surface area contributed by atoms with Gasteiger partial charge in [0, 0.05) is 17.5 Å². The van der Waals surface area contributed by atoms with Crippen molar-refractivity contribution < 1.29 is 14.7 Å². The molecule has 1 aromatic heterocycles. The maximum Gasteiger partial charge on any atom is 0.317 e. The van der Waals surface area contributed by atoms with Gasteiger partial charge in [0.1, 0.15) is 0 Å². The Morgan fingerprint density at radius 1 is 1.47 bits per heavy atom. The molecule has 2 rings (SSSR count). The topological polar surface area (TPSA) is 69.6 Å². The van der Waals surface area contributed by atoms with Crippen LogP contribution in [0.2, 0.25) is 4.34 Å². The molecule has 0 atom stereocenters. The number of thiophene rings is 1. The number of rotatable bonds is 6. The molecule has 2 N–H and O–H groups in total. The summed E-state index contributed by atoms with van der Waals surface area (Å²) in [6.07, 6.45) is 1.89. The second-order valence-corrected chi connectivity index (χ2v) is 6.23. The molecule has 0 spiro atoms. The summed E-state index contributed by atoms with van der Waals surface area (Å²) in [5.41, 5.74) is 0. The molecule has 5 nitrogen and oxygen atoms in total. The number of halogens is 1. The van der Waals surface area contributed by atoms with Gasteiger partial charge in [0.05, 0.1) is 17.3 Å². The lowest BCUT2D eigenvalue weighted by Gasteiger charge is -2.21. The summed E-state index contributed by atoms with van der Waals surface area (Å²) in [6, 6.07) is 3.66. The number of amides is 2. The molecule has 0 unspecified atom stereocenters. The summed E-state index contributed by atoms with van der Waals surface area (Å²) in [4.78, 5) is 25.2. The van der Waals surface area contributed by atoms with Crippen LogP contribution in [0.25, 0.3) is 0 Å². The molecule has 1 aliphatic carbocycles. The lowest BCUT2D eigenvalue weighted by molar-refractivity contribution is -0.137. The molecular formula is C12H15ClN2O3S. The Hall–Kier alpha value is -1.27. The maximum atomic E-state index is 12.0. The van der Waals surface area contributed by atoms with Crippen molar-refractivity contribution in [2.24, 2.45) is 0 Å². The fraction of sp³-hybridized carbons (Fsp3) is 0.500. The number of carbonyl (C=O) groups excluding carboxylic acids is 1. The quantitative estimate of drug-likeness (QED) is 0.848. The van der Waals surface area contributed by atoms with Crippen LogP contribution in [-0.2, 0) is 11.3 Å². The number of carbonyl (C=O) groups is 2. The van der Waals surface area contributed by atoms with Gasteiger partial charge in [-0.2, -0.15) is 0 Å². The van der Waals surface area contributed by atoms with Crippen LogP contribution < -0.4 is 5.32 Å². The molecule has 1 fully saturated rings. The largest absolute Gasteiger partial charge is 0.481 e. The van der Waals surface area contributed by atoms with Crippen LogP contribution in [0, 0.1) is 0 Å². The summed E-state index contributed by atoms with van der Waals surface area (Å²) < 4.78 is 0.689. The van der Waals surface area contributed by atoms with E-state index in [0.29, 0.717) is 10.9 Å². The van der Waals surface area contributed by atoms with Gasteiger partial charge in [-0.25, -0.2) is 4.79 Å². The molecule has 1 aliphatic rings. The Balaban J connectivity index is 1.83. The minimum atomic E-state index is -0.886. The van der Waals surface area contributed by atoms with Gasteiger partial charge >= 0.3 is 12.0 Å². The van der Waals surface area contributed by atoms with Crippen molar-refractivity contribution >= 4 is 34.9 Å². The van der Waals surface area contributed by atoms with Crippen LogP contribution in [0.15, 0.2) is 12.1 Å². The molecule has 0 bridgehead atoms. The van der Waals surface area contributed by atoms with Gasteiger partial charge in [0.15, 0.2) is 0 Å². The lowest BCUT2D eigenvalue weighted by atomic mass is 10.4. The fourth-order valence-corrected chi connectivity index (χ4v) is 2.79. The van der Waals surface area contributed by atoms with Crippen molar-refractivity contribution in [3.05, 3.63) is 21.3 Å². The van der Waals surface area contributed by atoms with Crippen molar-refractivity contribution in [1.29, 1.82) is 0 Å². The Morgan fingerprint density at radius 3 is 2.74 bits per heavy atom. The highest BCUT2D eigenvalue weighted by Gasteiger charge is 2.32. The highest BCUT2D eigenvalue weighted by Crippen LogP contribution is 2.27. The summed E-state index contributed by atoms with van der Waals surface area (Å²) in [6.45, 7) is 0.684. The zero-order valence-corrected chi connectivity index (χ0v) is 11.8. The van der Waals surface area contributed by atoms with E-state index in [-0.39, 0.29) is 25.0 Å². The van der Waals surface area contributed by atoms with E-state index in [1.54, 1.807) is 11.0 Å². The lowest BCUT2D eigenvalue weighted by Crippen LogP contribution is -2.42. The molecule has 19 heavy (non-hydrogen) atoms. The van der Waals surface area contributed by atoms with Gasteiger partial charge in [0.25, 0.3) is 0 Å². The monoisotopic (exact) mass is 302 g/mol. The molecule has 1 saturated carbocycles. The van der Waals surface area contributed by atoms with Crippen molar-refractivity contribution in [3.63, 3.8) is 0 Å². The predicted octanol–water partition coefficient (Wildman–Crippen LogP) is 2.55. The Labute approximate surface area is 120 Å². The molecular weight excluding hydrogens is 288 g/mol. The first-order valence-corrected chi connectivity index (χ1v) is 7.26. The van der Waals surface area contributed by atoms with Crippen molar-refractivity contribution in [1.82, 2.24) is 10.2 Å². The third-order valence-corrected chi connectivity index (χ3v) is 4.09. The molecule has 1 heterocycles. The van der Waals surface area contributed by atoms with E-state index in [0.717, 1.165) is 17.7 Å². The van der Waals surface area contributed by atoms with Gasteiger partial charge in [0.2, 0.25) is 0 Å². The Bertz CT molecular complexity index is 473. The SMILES string of the molecule is O=C(O)CCN(C(=O)NCc1ccc(Cl)s1)C1CC1. The van der Waals surface area contributed by atoms with E-state index in [4.69, 9.17) is 16.7 Å². The minimum absolute atomic E-state index is 0.0191. The van der Waals surface area contributed by atoms with E-state index in [1.807, 2.05) is 6.07 Å². The molecule has 104 valence electrons. The summed E-state index contributed by atoms with van der Waals surface area (Å²) >= 11 is 7.24. The highest BCUT2D eigenvalue weighted by atomic mass is 35.5. The molecule has 0 aliphatic heterocycles. The predicted molar refractivity (Wildman–Crippen MR) is 73.5 cm³/mol. The van der Waals surface area contributed by atoms with Gasteiger partial charge in [-0.15, -0.1) is 11.3 Å². The fourth-order valence-electron chi connectivity index (χ4n) is 1.76. The minimum Gasteiger partial charge on any atom is -0.481 e. The normalized spacial score (nSPS) is 14.2. The maximum absolute atomic E-state index is 12.0. The van der Waals surface area contributed by atoms with Gasteiger partial charge in [-0.3, -0.25) is 4.79 Å². The van der Waals surface area contributed by atoms with E-state index in [2.05, 4.69) is 5.32 Å². The molecule has 0 saturated heterocycles.